The number of rotatable bonds is 7. The number of aromatic nitrogens is 2. The van der Waals surface area contributed by atoms with Gasteiger partial charge in [-0.05, 0) is 61.2 Å². The molecule has 4 nitrogen and oxygen atoms in total. The number of nitrogens with zero attached hydrogens (tertiary/aromatic N) is 2. The van der Waals surface area contributed by atoms with Gasteiger partial charge in [0.05, 0.1) is 0 Å². The summed E-state index contributed by atoms with van der Waals surface area (Å²) in [5, 5.41) is 3.03. The summed E-state index contributed by atoms with van der Waals surface area (Å²) < 4.78 is 15.3. The van der Waals surface area contributed by atoms with Crippen LogP contribution in [0.15, 0.2) is 48.7 Å². The van der Waals surface area contributed by atoms with E-state index in [-0.39, 0.29) is 11.7 Å². The van der Waals surface area contributed by atoms with Crippen molar-refractivity contribution in [2.75, 3.05) is 6.54 Å². The monoisotopic (exact) mass is 379 g/mol. The Balaban J connectivity index is 1.81. The fourth-order valence-electron chi connectivity index (χ4n) is 3.67. The van der Waals surface area contributed by atoms with E-state index in [1.165, 1.54) is 17.7 Å². The maximum Gasteiger partial charge on any atom is 0.268 e. The topological polar surface area (TPSA) is 46.9 Å². The van der Waals surface area contributed by atoms with Crippen LogP contribution in [0.5, 0.6) is 0 Å². The molecule has 3 aromatic rings. The number of nitrogens with one attached hydrogen (secondary N) is 1. The van der Waals surface area contributed by atoms with E-state index in [0.29, 0.717) is 25.2 Å². The van der Waals surface area contributed by atoms with Crippen molar-refractivity contribution in [3.8, 4) is 0 Å². The normalized spacial score (nSPS) is 10.9. The first-order valence-corrected chi connectivity index (χ1v) is 9.62. The van der Waals surface area contributed by atoms with Gasteiger partial charge < -0.3 is 9.88 Å². The Kier molecular flexibility index (Phi) is 6.24. The average molecular weight is 379 g/mol. The summed E-state index contributed by atoms with van der Waals surface area (Å²) in [5.41, 5.74) is 5.88. The van der Waals surface area contributed by atoms with E-state index in [1.54, 1.807) is 18.3 Å². The molecule has 146 valence electrons. The number of carbonyl (C=O) groups is 1. The van der Waals surface area contributed by atoms with Gasteiger partial charge in [0.1, 0.15) is 11.5 Å². The average Bonchev–Trinajstić information content (AvgIpc) is 2.93. The molecule has 0 atom stereocenters. The number of hydrogen-bond acceptors (Lipinski definition) is 2. The molecular formula is C23H26FN3O. The van der Waals surface area contributed by atoms with Crippen LogP contribution in [0, 0.1) is 19.7 Å². The van der Waals surface area contributed by atoms with Gasteiger partial charge in [-0.1, -0.05) is 25.1 Å². The minimum absolute atomic E-state index is 0.0849. The van der Waals surface area contributed by atoms with Gasteiger partial charge in [0.2, 0.25) is 0 Å². The highest BCUT2D eigenvalue weighted by molar-refractivity contribution is 5.95. The molecule has 0 saturated carbocycles. The fourth-order valence-corrected chi connectivity index (χ4v) is 3.67. The number of amides is 1. The van der Waals surface area contributed by atoms with E-state index in [1.807, 2.05) is 36.6 Å². The van der Waals surface area contributed by atoms with Crippen molar-refractivity contribution in [3.63, 3.8) is 0 Å². The zero-order valence-electron chi connectivity index (χ0n) is 16.6. The second kappa shape index (κ2) is 8.83. The smallest absolute Gasteiger partial charge is 0.268 e. The summed E-state index contributed by atoms with van der Waals surface area (Å²) >= 11 is 0. The van der Waals surface area contributed by atoms with Gasteiger partial charge in [0.15, 0.2) is 0 Å². The Morgan fingerprint density at radius 3 is 2.54 bits per heavy atom. The summed E-state index contributed by atoms with van der Waals surface area (Å²) in [7, 11) is 0. The summed E-state index contributed by atoms with van der Waals surface area (Å²) in [4.78, 5) is 17.3. The summed E-state index contributed by atoms with van der Waals surface area (Å²) in [6.45, 7) is 7.20. The minimum atomic E-state index is -0.258. The van der Waals surface area contributed by atoms with Gasteiger partial charge in [0.25, 0.3) is 5.91 Å². The third kappa shape index (κ3) is 4.30. The maximum atomic E-state index is 13.2. The lowest BCUT2D eigenvalue weighted by molar-refractivity contribution is 0.0944. The van der Waals surface area contributed by atoms with Crippen molar-refractivity contribution >= 4 is 5.91 Å². The number of halogens is 1. The fraction of sp³-hybridized carbons (Fsp3) is 0.304. The maximum absolute atomic E-state index is 13.2. The van der Waals surface area contributed by atoms with E-state index in [4.69, 9.17) is 0 Å². The number of benzene rings is 1. The van der Waals surface area contributed by atoms with Crippen LogP contribution < -0.4 is 5.32 Å². The van der Waals surface area contributed by atoms with Crippen LogP contribution in [0.2, 0.25) is 0 Å². The van der Waals surface area contributed by atoms with Gasteiger partial charge in [-0.2, -0.15) is 0 Å². The van der Waals surface area contributed by atoms with Gasteiger partial charge in [-0.3, -0.25) is 9.78 Å². The minimum Gasteiger partial charge on any atom is -0.350 e. The lowest BCUT2D eigenvalue weighted by Crippen LogP contribution is -2.29. The van der Waals surface area contributed by atoms with Crippen molar-refractivity contribution < 1.29 is 9.18 Å². The van der Waals surface area contributed by atoms with E-state index < -0.39 is 0 Å². The first-order chi connectivity index (χ1) is 13.5. The van der Waals surface area contributed by atoms with Gasteiger partial charge in [-0.25, -0.2) is 4.39 Å². The molecule has 0 aliphatic rings. The van der Waals surface area contributed by atoms with Crippen molar-refractivity contribution in [3.05, 3.63) is 88.3 Å². The molecule has 3 rings (SSSR count). The van der Waals surface area contributed by atoms with E-state index in [9.17, 15) is 9.18 Å². The van der Waals surface area contributed by atoms with Crippen LogP contribution in [0.1, 0.15) is 45.5 Å². The molecule has 28 heavy (non-hydrogen) atoms. The molecule has 2 aromatic heterocycles. The molecule has 5 heteroatoms. The zero-order chi connectivity index (χ0) is 20.1. The van der Waals surface area contributed by atoms with Gasteiger partial charge in [0, 0.05) is 37.1 Å². The van der Waals surface area contributed by atoms with Crippen molar-refractivity contribution in [1.29, 1.82) is 0 Å². The quantitative estimate of drug-likeness (QED) is 0.668. The number of carbonyl (C=O) groups excluding carboxylic acids is 1. The second-order valence-corrected chi connectivity index (χ2v) is 6.93. The third-order valence-corrected chi connectivity index (χ3v) is 5.13. The van der Waals surface area contributed by atoms with Crippen LogP contribution in [-0.4, -0.2) is 22.0 Å². The van der Waals surface area contributed by atoms with Gasteiger partial charge >= 0.3 is 0 Å². The molecule has 2 heterocycles. The molecule has 0 spiro atoms. The molecule has 0 unspecified atom stereocenters. The van der Waals surface area contributed by atoms with Gasteiger partial charge in [-0.15, -0.1) is 0 Å². The lowest BCUT2D eigenvalue weighted by atomic mass is 10.1. The second-order valence-electron chi connectivity index (χ2n) is 6.93. The first-order valence-electron chi connectivity index (χ1n) is 9.62. The first kappa shape index (κ1) is 19.8. The van der Waals surface area contributed by atoms with E-state index in [2.05, 4.69) is 17.2 Å². The molecule has 1 aromatic carbocycles. The predicted molar refractivity (Wildman–Crippen MR) is 109 cm³/mol. The summed E-state index contributed by atoms with van der Waals surface area (Å²) in [5.74, 6) is -0.343. The predicted octanol–water partition coefficient (Wildman–Crippen LogP) is 4.22. The molecular weight excluding hydrogens is 353 g/mol. The van der Waals surface area contributed by atoms with Crippen LogP contribution in [0.25, 0.3) is 0 Å². The van der Waals surface area contributed by atoms with Crippen molar-refractivity contribution in [2.24, 2.45) is 0 Å². The van der Waals surface area contributed by atoms with Crippen LogP contribution >= 0.6 is 0 Å². The lowest BCUT2D eigenvalue weighted by Gasteiger charge is -2.13. The van der Waals surface area contributed by atoms with Crippen LogP contribution in [0.4, 0.5) is 4.39 Å². The summed E-state index contributed by atoms with van der Waals surface area (Å²) in [6.07, 6.45) is 3.30. The van der Waals surface area contributed by atoms with Crippen LogP contribution in [-0.2, 0) is 19.4 Å². The highest BCUT2D eigenvalue weighted by atomic mass is 19.1. The van der Waals surface area contributed by atoms with Crippen molar-refractivity contribution in [1.82, 2.24) is 14.9 Å². The zero-order valence-corrected chi connectivity index (χ0v) is 16.6. The highest BCUT2D eigenvalue weighted by Gasteiger charge is 2.21. The molecule has 0 fully saturated rings. The van der Waals surface area contributed by atoms with E-state index in [0.717, 1.165) is 28.9 Å². The highest BCUT2D eigenvalue weighted by Crippen LogP contribution is 2.24. The summed E-state index contributed by atoms with van der Waals surface area (Å²) in [6, 6.07) is 12.2. The standard InChI is InChI=1S/C23H26FN3O/c1-4-21-16(2)22(23(28)26-14-12-20-7-5-6-13-25-20)27(17(21)3)15-18-8-10-19(24)11-9-18/h5-11,13H,4,12,14-15H2,1-3H3,(H,26,28). The molecule has 0 radical (unpaired) electrons. The molecule has 1 N–H and O–H groups in total. The molecule has 0 bridgehead atoms. The Bertz CT molecular complexity index is 946. The largest absolute Gasteiger partial charge is 0.350 e. The molecule has 0 aliphatic heterocycles. The Morgan fingerprint density at radius 2 is 1.89 bits per heavy atom. The Hall–Kier alpha value is -2.95. The number of pyridine rings is 1. The van der Waals surface area contributed by atoms with Crippen LogP contribution in [0.3, 0.4) is 0 Å². The SMILES string of the molecule is CCc1c(C)c(C(=O)NCCc2ccccn2)n(Cc2ccc(F)cc2)c1C. The number of hydrogen-bond donors (Lipinski definition) is 1. The van der Waals surface area contributed by atoms with E-state index >= 15 is 0 Å². The molecule has 1 amide bonds. The Labute approximate surface area is 165 Å². The third-order valence-electron chi connectivity index (χ3n) is 5.13. The molecule has 0 aliphatic carbocycles. The van der Waals surface area contributed by atoms with Crippen molar-refractivity contribution in [2.45, 2.75) is 40.2 Å². The molecule has 0 saturated heterocycles. The Morgan fingerprint density at radius 1 is 1.14 bits per heavy atom.